The molecule has 0 spiro atoms. The van der Waals surface area contributed by atoms with E-state index < -0.39 is 0 Å². The Balaban J connectivity index is 1.65. The van der Waals surface area contributed by atoms with Gasteiger partial charge in [-0.2, -0.15) is 0 Å². The Kier molecular flexibility index (Phi) is 5.21. The summed E-state index contributed by atoms with van der Waals surface area (Å²) in [6.45, 7) is 3.56. The summed E-state index contributed by atoms with van der Waals surface area (Å²) in [7, 11) is 0. The van der Waals surface area contributed by atoms with Crippen molar-refractivity contribution in [2.24, 2.45) is 0 Å². The molecule has 19 heavy (non-hydrogen) atoms. The van der Waals surface area contributed by atoms with Gasteiger partial charge in [0.05, 0.1) is 6.61 Å². The smallest absolute Gasteiger partial charge is 0.411 e. The van der Waals surface area contributed by atoms with Crippen molar-refractivity contribution in [2.75, 3.05) is 18.5 Å². The van der Waals surface area contributed by atoms with Crippen LogP contribution in [0.4, 0.5) is 10.5 Å². The second-order valence-corrected chi connectivity index (χ2v) is 5.06. The number of carbonyl (C=O) groups excluding carboxylic acids is 1. The first kappa shape index (κ1) is 13.9. The lowest BCUT2D eigenvalue weighted by molar-refractivity contribution is 0.153. The summed E-state index contributed by atoms with van der Waals surface area (Å²) < 4.78 is 5.19. The molecular weight excluding hydrogens is 240 g/mol. The van der Waals surface area contributed by atoms with Gasteiger partial charge in [0, 0.05) is 11.7 Å². The lowest BCUT2D eigenvalue weighted by Gasteiger charge is -2.23. The van der Waals surface area contributed by atoms with Crippen molar-refractivity contribution in [2.45, 2.75) is 38.6 Å². The predicted octanol–water partition coefficient (Wildman–Crippen LogP) is 3.08. The van der Waals surface area contributed by atoms with Crippen LogP contribution in [-0.4, -0.2) is 25.3 Å². The van der Waals surface area contributed by atoms with E-state index in [4.69, 9.17) is 4.74 Å². The van der Waals surface area contributed by atoms with Gasteiger partial charge in [-0.3, -0.25) is 5.32 Å². The zero-order chi connectivity index (χ0) is 13.5. The van der Waals surface area contributed by atoms with E-state index in [2.05, 4.69) is 10.6 Å². The number of ether oxygens (including phenoxy) is 1. The molecule has 2 N–H and O–H groups in total. The first-order valence-corrected chi connectivity index (χ1v) is 6.98. The van der Waals surface area contributed by atoms with Crippen LogP contribution in [0.1, 0.15) is 31.2 Å². The molecule has 0 bridgehead atoms. The van der Waals surface area contributed by atoms with E-state index in [1.165, 1.54) is 24.8 Å². The number of hydrogen-bond donors (Lipinski definition) is 2. The van der Waals surface area contributed by atoms with Crippen molar-refractivity contribution in [1.29, 1.82) is 0 Å². The van der Waals surface area contributed by atoms with E-state index in [1.54, 1.807) is 0 Å². The maximum Gasteiger partial charge on any atom is 0.411 e. The maximum atomic E-state index is 11.6. The van der Waals surface area contributed by atoms with Crippen LogP contribution in [0.2, 0.25) is 0 Å². The van der Waals surface area contributed by atoms with E-state index in [0.29, 0.717) is 12.6 Å². The van der Waals surface area contributed by atoms with Crippen molar-refractivity contribution in [3.05, 3.63) is 29.8 Å². The SMILES string of the molecule is Cc1ccc(NC(=O)OCCC2CCCCN2)cc1. The molecular formula is C15H22N2O2. The molecule has 1 aliphatic rings. The Bertz CT molecular complexity index is 397. The Morgan fingerprint density at radius 2 is 2.16 bits per heavy atom. The highest BCUT2D eigenvalue weighted by Crippen LogP contribution is 2.11. The lowest BCUT2D eigenvalue weighted by Crippen LogP contribution is -2.35. The monoisotopic (exact) mass is 262 g/mol. The van der Waals surface area contributed by atoms with Gasteiger partial charge in [0.25, 0.3) is 0 Å². The molecule has 1 fully saturated rings. The van der Waals surface area contributed by atoms with Crippen LogP contribution in [0.5, 0.6) is 0 Å². The minimum atomic E-state index is -0.375. The van der Waals surface area contributed by atoms with Crippen LogP contribution in [0.15, 0.2) is 24.3 Å². The van der Waals surface area contributed by atoms with Crippen LogP contribution >= 0.6 is 0 Å². The molecule has 1 unspecified atom stereocenters. The molecule has 0 aliphatic carbocycles. The standard InChI is InChI=1S/C15H22N2O2/c1-12-5-7-14(8-6-12)17-15(18)19-11-9-13-4-2-3-10-16-13/h5-8,13,16H,2-4,9-11H2,1H3,(H,17,18). The molecule has 0 aromatic heterocycles. The predicted molar refractivity (Wildman–Crippen MR) is 76.4 cm³/mol. The molecule has 1 heterocycles. The number of aryl methyl sites for hydroxylation is 1. The third-order valence-corrected chi connectivity index (χ3v) is 3.41. The first-order valence-electron chi connectivity index (χ1n) is 6.98. The van der Waals surface area contributed by atoms with Gasteiger partial charge in [0.15, 0.2) is 0 Å². The summed E-state index contributed by atoms with van der Waals surface area (Å²) >= 11 is 0. The number of amides is 1. The quantitative estimate of drug-likeness (QED) is 0.876. The molecule has 104 valence electrons. The Hall–Kier alpha value is -1.55. The molecule has 2 rings (SSSR count). The van der Waals surface area contributed by atoms with Gasteiger partial charge >= 0.3 is 6.09 Å². The minimum Gasteiger partial charge on any atom is -0.449 e. The minimum absolute atomic E-state index is 0.375. The number of nitrogens with one attached hydrogen (secondary N) is 2. The second-order valence-electron chi connectivity index (χ2n) is 5.06. The molecule has 1 aromatic carbocycles. The van der Waals surface area contributed by atoms with Crippen LogP contribution in [0.25, 0.3) is 0 Å². The largest absolute Gasteiger partial charge is 0.449 e. The topological polar surface area (TPSA) is 50.4 Å². The molecule has 1 amide bonds. The van der Waals surface area contributed by atoms with Gasteiger partial charge in [-0.05, 0) is 44.9 Å². The van der Waals surface area contributed by atoms with Crippen LogP contribution in [0.3, 0.4) is 0 Å². The maximum absolute atomic E-state index is 11.6. The zero-order valence-electron chi connectivity index (χ0n) is 11.4. The number of hydrogen-bond acceptors (Lipinski definition) is 3. The summed E-state index contributed by atoms with van der Waals surface area (Å²) in [5, 5.41) is 6.16. The highest BCUT2D eigenvalue weighted by Gasteiger charge is 2.13. The summed E-state index contributed by atoms with van der Waals surface area (Å²) in [5.74, 6) is 0. The van der Waals surface area contributed by atoms with E-state index in [0.717, 1.165) is 18.7 Å². The van der Waals surface area contributed by atoms with Gasteiger partial charge < -0.3 is 10.1 Å². The average Bonchev–Trinajstić information content (AvgIpc) is 2.43. The fourth-order valence-corrected chi connectivity index (χ4v) is 2.26. The van der Waals surface area contributed by atoms with Crippen molar-refractivity contribution >= 4 is 11.8 Å². The van der Waals surface area contributed by atoms with Crippen molar-refractivity contribution in [1.82, 2.24) is 5.32 Å². The third-order valence-electron chi connectivity index (χ3n) is 3.41. The van der Waals surface area contributed by atoms with Crippen molar-refractivity contribution in [3.63, 3.8) is 0 Å². The molecule has 1 saturated heterocycles. The van der Waals surface area contributed by atoms with Gasteiger partial charge in [0.1, 0.15) is 0 Å². The summed E-state index contributed by atoms with van der Waals surface area (Å²) in [5.41, 5.74) is 1.94. The third kappa shape index (κ3) is 4.91. The van der Waals surface area contributed by atoms with Crippen LogP contribution < -0.4 is 10.6 Å². The summed E-state index contributed by atoms with van der Waals surface area (Å²) in [4.78, 5) is 11.6. The number of anilines is 1. The number of piperidine rings is 1. The molecule has 4 heteroatoms. The first-order chi connectivity index (χ1) is 9.24. The number of carbonyl (C=O) groups is 1. The van der Waals surface area contributed by atoms with Gasteiger partial charge in [-0.15, -0.1) is 0 Å². The highest BCUT2D eigenvalue weighted by atomic mass is 16.5. The summed E-state index contributed by atoms with van der Waals surface area (Å²) in [6, 6.07) is 8.17. The van der Waals surface area contributed by atoms with E-state index in [9.17, 15) is 4.79 Å². The molecule has 1 aliphatic heterocycles. The molecule has 0 radical (unpaired) electrons. The fourth-order valence-electron chi connectivity index (χ4n) is 2.26. The van der Waals surface area contributed by atoms with Crippen LogP contribution in [-0.2, 0) is 4.74 Å². The van der Waals surface area contributed by atoms with Crippen molar-refractivity contribution < 1.29 is 9.53 Å². The molecule has 4 nitrogen and oxygen atoms in total. The van der Waals surface area contributed by atoms with E-state index in [1.807, 2.05) is 31.2 Å². The molecule has 1 aromatic rings. The molecule has 0 saturated carbocycles. The normalized spacial score (nSPS) is 18.9. The van der Waals surface area contributed by atoms with E-state index in [-0.39, 0.29) is 6.09 Å². The van der Waals surface area contributed by atoms with Gasteiger partial charge in [-0.1, -0.05) is 24.1 Å². The van der Waals surface area contributed by atoms with Gasteiger partial charge in [-0.25, -0.2) is 4.79 Å². The lowest BCUT2D eigenvalue weighted by atomic mass is 10.0. The second kappa shape index (κ2) is 7.14. The molecule has 1 atom stereocenters. The summed E-state index contributed by atoms with van der Waals surface area (Å²) in [6.07, 6.45) is 4.22. The van der Waals surface area contributed by atoms with Crippen LogP contribution in [0, 0.1) is 6.92 Å². The van der Waals surface area contributed by atoms with Crippen molar-refractivity contribution in [3.8, 4) is 0 Å². The van der Waals surface area contributed by atoms with Gasteiger partial charge in [0.2, 0.25) is 0 Å². The Morgan fingerprint density at radius 1 is 1.37 bits per heavy atom. The fraction of sp³-hybridized carbons (Fsp3) is 0.533. The zero-order valence-corrected chi connectivity index (χ0v) is 11.4. The Morgan fingerprint density at radius 3 is 2.84 bits per heavy atom. The van der Waals surface area contributed by atoms with E-state index >= 15 is 0 Å². The highest BCUT2D eigenvalue weighted by molar-refractivity contribution is 5.84. The number of rotatable bonds is 4. The average molecular weight is 262 g/mol. The number of benzene rings is 1. The Labute approximate surface area is 114 Å².